The van der Waals surface area contributed by atoms with Crippen LogP contribution < -0.4 is 10.1 Å². The summed E-state index contributed by atoms with van der Waals surface area (Å²) in [5, 5.41) is 4.03. The summed E-state index contributed by atoms with van der Waals surface area (Å²) in [6.07, 6.45) is 3.00. The molecule has 0 aliphatic rings. The van der Waals surface area contributed by atoms with Crippen molar-refractivity contribution in [1.82, 2.24) is 15.1 Å². The number of carbonyl (C=O) groups is 1. The maximum Gasteiger partial charge on any atom is 0.289 e. The molecule has 0 aliphatic carbocycles. The lowest BCUT2D eigenvalue weighted by molar-refractivity contribution is 0.0950. The highest BCUT2D eigenvalue weighted by Crippen LogP contribution is 2.12. The van der Waals surface area contributed by atoms with Gasteiger partial charge in [0.25, 0.3) is 5.91 Å². The Morgan fingerprint density at radius 2 is 1.89 bits per heavy atom. The van der Waals surface area contributed by atoms with E-state index < -0.39 is 15.9 Å². The van der Waals surface area contributed by atoms with Crippen LogP contribution in [0.15, 0.2) is 81.5 Å². The van der Waals surface area contributed by atoms with Gasteiger partial charge in [-0.2, -0.15) is 5.10 Å². The molecule has 0 unspecified atom stereocenters. The monoisotopic (exact) mass is 398 g/mol. The molecule has 28 heavy (non-hydrogen) atoms. The van der Waals surface area contributed by atoms with Gasteiger partial charge in [0.1, 0.15) is 11.5 Å². The van der Waals surface area contributed by atoms with Gasteiger partial charge in [0.15, 0.2) is 0 Å². The van der Waals surface area contributed by atoms with Crippen molar-refractivity contribution in [1.29, 1.82) is 0 Å². The summed E-state index contributed by atoms with van der Waals surface area (Å²) in [4.78, 5) is 16.0. The number of hydrazone groups is 1. The van der Waals surface area contributed by atoms with Crippen LogP contribution in [0.25, 0.3) is 0 Å². The van der Waals surface area contributed by atoms with Crippen LogP contribution in [0.1, 0.15) is 28.7 Å². The summed E-state index contributed by atoms with van der Waals surface area (Å²) in [5.41, 5.74) is 3.87. The zero-order chi connectivity index (χ0) is 20.0. The minimum Gasteiger partial charge on any atom is -0.468 e. The summed E-state index contributed by atoms with van der Waals surface area (Å²) in [7, 11) is -3.67. The molecule has 0 fully saturated rings. The second kappa shape index (κ2) is 8.59. The molecule has 144 valence electrons. The molecule has 3 aromatic rings. The highest BCUT2D eigenvalue weighted by Gasteiger charge is 2.14. The molecule has 9 heteroatoms. The number of benzene rings is 1. The number of amides is 1. The Morgan fingerprint density at radius 3 is 2.54 bits per heavy atom. The molecule has 0 saturated heterocycles. The van der Waals surface area contributed by atoms with Gasteiger partial charge in [0.2, 0.25) is 10.0 Å². The fourth-order valence-corrected chi connectivity index (χ4v) is 3.28. The van der Waals surface area contributed by atoms with Crippen molar-refractivity contribution in [3.05, 3.63) is 84.1 Å². The van der Waals surface area contributed by atoms with Crippen molar-refractivity contribution in [2.75, 3.05) is 0 Å². The zero-order valence-corrected chi connectivity index (χ0v) is 15.8. The second-order valence-corrected chi connectivity index (χ2v) is 7.55. The van der Waals surface area contributed by atoms with Crippen molar-refractivity contribution < 1.29 is 17.6 Å². The van der Waals surface area contributed by atoms with Crippen LogP contribution in [0.5, 0.6) is 0 Å². The summed E-state index contributed by atoms with van der Waals surface area (Å²) in [6.45, 7) is 1.77. The minimum absolute atomic E-state index is 0.0666. The molecule has 1 amide bonds. The first-order chi connectivity index (χ1) is 13.5. The molecule has 2 heterocycles. The van der Waals surface area contributed by atoms with E-state index >= 15 is 0 Å². The van der Waals surface area contributed by atoms with Crippen LogP contribution >= 0.6 is 0 Å². The molecule has 2 N–H and O–H groups in total. The van der Waals surface area contributed by atoms with Gasteiger partial charge >= 0.3 is 0 Å². The number of sulfonamides is 1. The summed E-state index contributed by atoms with van der Waals surface area (Å²) < 4.78 is 32.2. The fourth-order valence-electron chi connectivity index (χ4n) is 2.29. The van der Waals surface area contributed by atoms with E-state index in [0.717, 1.165) is 0 Å². The van der Waals surface area contributed by atoms with Gasteiger partial charge in [0, 0.05) is 6.20 Å². The maximum atomic E-state index is 12.3. The Kier molecular flexibility index (Phi) is 5.97. The van der Waals surface area contributed by atoms with Crippen LogP contribution in [0.4, 0.5) is 0 Å². The molecule has 0 aliphatic heterocycles. The molecule has 0 bridgehead atoms. The van der Waals surface area contributed by atoms with Crippen LogP contribution in [-0.2, 0) is 16.6 Å². The molecular weight excluding hydrogens is 380 g/mol. The standard InChI is InChI=1S/C19H18N4O4S/c1-14(22-23-19(24)18-6-2-3-11-20-18)15-7-9-17(10-8-15)28(25,26)21-13-16-5-4-12-27-16/h2-12,21H,13H2,1H3,(H,23,24)/b22-14+. The van der Waals surface area contributed by atoms with E-state index in [1.54, 1.807) is 49.4 Å². The van der Waals surface area contributed by atoms with E-state index in [1.165, 1.54) is 24.6 Å². The normalized spacial score (nSPS) is 12.0. The van der Waals surface area contributed by atoms with Crippen molar-refractivity contribution in [2.45, 2.75) is 18.4 Å². The first kappa shape index (κ1) is 19.5. The molecule has 1 aromatic carbocycles. The summed E-state index contributed by atoms with van der Waals surface area (Å²) in [5.74, 6) is 0.0908. The lowest BCUT2D eigenvalue weighted by Gasteiger charge is -2.07. The lowest BCUT2D eigenvalue weighted by Crippen LogP contribution is -2.23. The average molecular weight is 398 g/mol. The largest absolute Gasteiger partial charge is 0.468 e. The van der Waals surface area contributed by atoms with Crippen LogP contribution in [0, 0.1) is 0 Å². The van der Waals surface area contributed by atoms with E-state index in [-0.39, 0.29) is 17.1 Å². The zero-order valence-electron chi connectivity index (χ0n) is 15.0. The predicted molar refractivity (Wildman–Crippen MR) is 103 cm³/mol. The topological polar surface area (TPSA) is 114 Å². The van der Waals surface area contributed by atoms with Gasteiger partial charge in [-0.05, 0) is 48.9 Å². The number of carbonyl (C=O) groups excluding carboxylic acids is 1. The van der Waals surface area contributed by atoms with E-state index in [9.17, 15) is 13.2 Å². The third-order valence-corrected chi connectivity index (χ3v) is 5.24. The number of hydrogen-bond donors (Lipinski definition) is 2. The highest BCUT2D eigenvalue weighted by atomic mass is 32.2. The Labute approximate surface area is 162 Å². The van der Waals surface area contributed by atoms with Crippen LogP contribution in [0.2, 0.25) is 0 Å². The quantitative estimate of drug-likeness (QED) is 0.468. The van der Waals surface area contributed by atoms with E-state index in [0.29, 0.717) is 17.0 Å². The Morgan fingerprint density at radius 1 is 1.11 bits per heavy atom. The third kappa shape index (κ3) is 4.90. The molecule has 0 spiro atoms. The van der Waals surface area contributed by atoms with E-state index in [2.05, 4.69) is 20.2 Å². The molecule has 0 saturated carbocycles. The van der Waals surface area contributed by atoms with Gasteiger partial charge in [0.05, 0.1) is 23.4 Å². The number of nitrogens with zero attached hydrogens (tertiary/aromatic N) is 2. The number of furan rings is 1. The maximum absolute atomic E-state index is 12.3. The van der Waals surface area contributed by atoms with Gasteiger partial charge < -0.3 is 4.42 Å². The molecule has 8 nitrogen and oxygen atoms in total. The van der Waals surface area contributed by atoms with Crippen molar-refractivity contribution in [3.63, 3.8) is 0 Å². The number of pyridine rings is 1. The van der Waals surface area contributed by atoms with Crippen molar-refractivity contribution in [2.24, 2.45) is 5.10 Å². The van der Waals surface area contributed by atoms with Gasteiger partial charge in [-0.25, -0.2) is 18.6 Å². The van der Waals surface area contributed by atoms with Crippen molar-refractivity contribution >= 4 is 21.6 Å². The molecule has 2 aromatic heterocycles. The molecular formula is C19H18N4O4S. The molecule has 0 atom stereocenters. The Hall–Kier alpha value is -3.30. The van der Waals surface area contributed by atoms with Crippen molar-refractivity contribution in [3.8, 4) is 0 Å². The average Bonchev–Trinajstić information content (AvgIpc) is 3.25. The number of aromatic nitrogens is 1. The Bertz CT molecular complexity index is 1060. The highest BCUT2D eigenvalue weighted by molar-refractivity contribution is 7.89. The number of hydrogen-bond acceptors (Lipinski definition) is 6. The number of rotatable bonds is 7. The Balaban J connectivity index is 1.65. The molecule has 3 rings (SSSR count). The van der Waals surface area contributed by atoms with Crippen LogP contribution in [0.3, 0.4) is 0 Å². The van der Waals surface area contributed by atoms with Gasteiger partial charge in [-0.3, -0.25) is 9.78 Å². The van der Waals surface area contributed by atoms with E-state index in [4.69, 9.17) is 4.42 Å². The summed E-state index contributed by atoms with van der Waals surface area (Å²) in [6, 6.07) is 14.6. The number of nitrogens with one attached hydrogen (secondary N) is 2. The minimum atomic E-state index is -3.67. The molecule has 0 radical (unpaired) electrons. The summed E-state index contributed by atoms with van der Waals surface area (Å²) >= 11 is 0. The lowest BCUT2D eigenvalue weighted by atomic mass is 10.1. The van der Waals surface area contributed by atoms with Gasteiger partial charge in [-0.15, -0.1) is 0 Å². The smallest absolute Gasteiger partial charge is 0.289 e. The first-order valence-corrected chi connectivity index (χ1v) is 9.82. The first-order valence-electron chi connectivity index (χ1n) is 8.34. The van der Waals surface area contributed by atoms with Crippen LogP contribution in [-0.4, -0.2) is 25.0 Å². The van der Waals surface area contributed by atoms with Gasteiger partial charge in [-0.1, -0.05) is 18.2 Å². The second-order valence-electron chi connectivity index (χ2n) is 5.78. The predicted octanol–water partition coefficient (Wildman–Crippen LogP) is 2.31. The fraction of sp³-hybridized carbons (Fsp3) is 0.105. The SMILES string of the molecule is C/C(=N\NC(=O)c1ccccn1)c1ccc(S(=O)(=O)NCc2ccco2)cc1. The third-order valence-electron chi connectivity index (χ3n) is 3.82. The van der Waals surface area contributed by atoms with E-state index in [1.807, 2.05) is 0 Å².